The highest BCUT2D eigenvalue weighted by Crippen LogP contribution is 2.29. The molecule has 3 nitrogen and oxygen atoms in total. The molecule has 0 unspecified atom stereocenters. The minimum Gasteiger partial charge on any atom is -0.328 e. The molecule has 17 heavy (non-hydrogen) atoms. The SMILES string of the molecule is O=Cc1cc(-c2cc(Cl)ccc2Cl)c[nH]c1=O. The van der Waals surface area contributed by atoms with Gasteiger partial charge >= 0.3 is 0 Å². The fourth-order valence-corrected chi connectivity index (χ4v) is 1.86. The molecule has 2 aromatic rings. The molecule has 0 saturated carbocycles. The number of hydrogen-bond acceptors (Lipinski definition) is 2. The molecule has 0 aliphatic heterocycles. The summed E-state index contributed by atoms with van der Waals surface area (Å²) in [7, 11) is 0. The Morgan fingerprint density at radius 1 is 1.18 bits per heavy atom. The van der Waals surface area contributed by atoms with Gasteiger partial charge in [-0.2, -0.15) is 0 Å². The molecule has 0 aliphatic carbocycles. The van der Waals surface area contributed by atoms with Crippen molar-refractivity contribution < 1.29 is 4.79 Å². The van der Waals surface area contributed by atoms with Crippen LogP contribution in [-0.4, -0.2) is 11.3 Å². The summed E-state index contributed by atoms with van der Waals surface area (Å²) in [6.07, 6.45) is 1.99. The standard InChI is InChI=1S/C12H7Cl2NO2/c13-9-1-2-11(14)10(4-9)7-3-8(6-16)12(17)15-5-7/h1-6H,(H,15,17). The Hall–Kier alpha value is -1.58. The Morgan fingerprint density at radius 2 is 1.94 bits per heavy atom. The molecule has 1 aromatic heterocycles. The summed E-state index contributed by atoms with van der Waals surface area (Å²) in [4.78, 5) is 24.4. The molecule has 5 heteroatoms. The van der Waals surface area contributed by atoms with Crippen molar-refractivity contribution in [1.29, 1.82) is 0 Å². The zero-order valence-corrected chi connectivity index (χ0v) is 10.0. The Kier molecular flexibility index (Phi) is 3.31. The van der Waals surface area contributed by atoms with E-state index in [1.807, 2.05) is 0 Å². The largest absolute Gasteiger partial charge is 0.328 e. The minimum absolute atomic E-state index is 0.0542. The molecule has 1 N–H and O–H groups in total. The third-order valence-corrected chi connectivity index (χ3v) is 2.86. The normalized spacial score (nSPS) is 10.2. The van der Waals surface area contributed by atoms with Gasteiger partial charge in [0.25, 0.3) is 5.56 Å². The van der Waals surface area contributed by atoms with Gasteiger partial charge in [0.2, 0.25) is 0 Å². The summed E-state index contributed by atoms with van der Waals surface area (Å²) in [5.74, 6) is 0. The van der Waals surface area contributed by atoms with Crippen molar-refractivity contribution in [2.75, 3.05) is 0 Å². The lowest BCUT2D eigenvalue weighted by Crippen LogP contribution is -2.10. The summed E-state index contributed by atoms with van der Waals surface area (Å²) < 4.78 is 0. The Bertz CT molecular complexity index is 635. The van der Waals surface area contributed by atoms with Crippen molar-refractivity contribution in [3.63, 3.8) is 0 Å². The third-order valence-electron chi connectivity index (χ3n) is 2.30. The molecule has 0 saturated heterocycles. The first-order chi connectivity index (χ1) is 8.11. The van der Waals surface area contributed by atoms with Crippen LogP contribution >= 0.6 is 23.2 Å². The number of aromatic amines is 1. The van der Waals surface area contributed by atoms with Gasteiger partial charge in [-0.15, -0.1) is 0 Å². The van der Waals surface area contributed by atoms with E-state index in [4.69, 9.17) is 23.2 Å². The lowest BCUT2D eigenvalue weighted by atomic mass is 10.1. The quantitative estimate of drug-likeness (QED) is 0.850. The smallest absolute Gasteiger partial charge is 0.258 e. The topological polar surface area (TPSA) is 49.9 Å². The van der Waals surface area contributed by atoms with Crippen molar-refractivity contribution in [2.45, 2.75) is 0 Å². The molecule has 0 bridgehead atoms. The van der Waals surface area contributed by atoms with Crippen LogP contribution in [0.3, 0.4) is 0 Å². The maximum atomic E-state index is 11.2. The van der Waals surface area contributed by atoms with Crippen molar-refractivity contribution in [3.8, 4) is 11.1 Å². The van der Waals surface area contributed by atoms with E-state index >= 15 is 0 Å². The first-order valence-electron chi connectivity index (χ1n) is 4.75. The van der Waals surface area contributed by atoms with Crippen LogP contribution in [0, 0.1) is 0 Å². The number of nitrogens with one attached hydrogen (secondary N) is 1. The Balaban J connectivity index is 2.64. The van der Waals surface area contributed by atoms with Gasteiger partial charge in [-0.3, -0.25) is 9.59 Å². The zero-order chi connectivity index (χ0) is 12.4. The molecule has 0 fully saturated rings. The van der Waals surface area contributed by atoms with Crippen molar-refractivity contribution >= 4 is 29.5 Å². The van der Waals surface area contributed by atoms with Crippen LogP contribution in [0.2, 0.25) is 10.0 Å². The monoisotopic (exact) mass is 267 g/mol. The number of hydrogen-bond donors (Lipinski definition) is 1. The van der Waals surface area contributed by atoms with Gasteiger partial charge in [-0.1, -0.05) is 23.2 Å². The molecule has 0 radical (unpaired) electrons. The predicted molar refractivity (Wildman–Crippen MR) is 67.9 cm³/mol. The summed E-state index contributed by atoms with van der Waals surface area (Å²) in [5, 5.41) is 1.03. The summed E-state index contributed by atoms with van der Waals surface area (Å²) in [6, 6.07) is 6.47. The maximum absolute atomic E-state index is 11.2. The highest BCUT2D eigenvalue weighted by Gasteiger charge is 2.07. The number of aromatic nitrogens is 1. The lowest BCUT2D eigenvalue weighted by Gasteiger charge is -2.05. The molecule has 1 heterocycles. The summed E-state index contributed by atoms with van der Waals surface area (Å²) >= 11 is 11.9. The minimum atomic E-state index is -0.429. The number of carbonyl (C=O) groups excluding carboxylic acids is 1. The van der Waals surface area contributed by atoms with Gasteiger partial charge in [0, 0.05) is 27.4 Å². The second-order valence-electron chi connectivity index (χ2n) is 3.41. The highest BCUT2D eigenvalue weighted by atomic mass is 35.5. The van der Waals surface area contributed by atoms with Crippen LogP contribution in [0.25, 0.3) is 11.1 Å². The average molecular weight is 268 g/mol. The maximum Gasteiger partial charge on any atom is 0.258 e. The van der Waals surface area contributed by atoms with Crippen LogP contribution in [0.4, 0.5) is 0 Å². The van der Waals surface area contributed by atoms with E-state index in [1.54, 1.807) is 18.2 Å². The van der Waals surface area contributed by atoms with Crippen LogP contribution in [0.1, 0.15) is 10.4 Å². The van der Waals surface area contributed by atoms with E-state index in [9.17, 15) is 9.59 Å². The third kappa shape index (κ3) is 2.40. The number of aldehydes is 1. The number of halogens is 2. The van der Waals surface area contributed by atoms with Gasteiger partial charge < -0.3 is 4.98 Å². The Morgan fingerprint density at radius 3 is 2.65 bits per heavy atom. The Labute approximate surface area is 107 Å². The highest BCUT2D eigenvalue weighted by molar-refractivity contribution is 6.35. The molecule has 1 aromatic carbocycles. The molecular weight excluding hydrogens is 261 g/mol. The fraction of sp³-hybridized carbons (Fsp3) is 0. The van der Waals surface area contributed by atoms with E-state index in [0.29, 0.717) is 27.5 Å². The van der Waals surface area contributed by atoms with Crippen LogP contribution in [0.5, 0.6) is 0 Å². The summed E-state index contributed by atoms with van der Waals surface area (Å²) in [6.45, 7) is 0. The summed E-state index contributed by atoms with van der Waals surface area (Å²) in [5.41, 5.74) is 0.929. The molecule has 0 spiro atoms. The van der Waals surface area contributed by atoms with Crippen molar-refractivity contribution in [3.05, 3.63) is 56.4 Å². The predicted octanol–water partition coefficient (Wildman–Crippen LogP) is 3.16. The average Bonchev–Trinajstić information content (AvgIpc) is 2.33. The van der Waals surface area contributed by atoms with Crippen LogP contribution in [0.15, 0.2) is 35.3 Å². The number of benzene rings is 1. The van der Waals surface area contributed by atoms with Crippen molar-refractivity contribution in [2.24, 2.45) is 0 Å². The number of carbonyl (C=O) groups is 1. The lowest BCUT2D eigenvalue weighted by molar-refractivity contribution is 0.112. The van der Waals surface area contributed by atoms with Gasteiger partial charge in [-0.05, 0) is 24.3 Å². The van der Waals surface area contributed by atoms with E-state index in [1.165, 1.54) is 12.3 Å². The molecule has 86 valence electrons. The van der Waals surface area contributed by atoms with E-state index in [0.717, 1.165) is 0 Å². The molecule has 0 aliphatic rings. The van der Waals surface area contributed by atoms with E-state index < -0.39 is 5.56 Å². The van der Waals surface area contributed by atoms with E-state index in [2.05, 4.69) is 4.98 Å². The molecular formula is C12H7Cl2NO2. The number of H-pyrrole nitrogens is 1. The van der Waals surface area contributed by atoms with E-state index in [-0.39, 0.29) is 5.56 Å². The van der Waals surface area contributed by atoms with Crippen molar-refractivity contribution in [1.82, 2.24) is 4.98 Å². The van der Waals surface area contributed by atoms with Crippen LogP contribution < -0.4 is 5.56 Å². The fourth-order valence-electron chi connectivity index (χ4n) is 1.46. The first kappa shape index (κ1) is 11.9. The molecule has 0 amide bonds. The van der Waals surface area contributed by atoms with Gasteiger partial charge in [0.05, 0.1) is 5.56 Å². The van der Waals surface area contributed by atoms with Gasteiger partial charge in [0.1, 0.15) is 0 Å². The zero-order valence-electron chi connectivity index (χ0n) is 8.54. The number of pyridine rings is 1. The van der Waals surface area contributed by atoms with Gasteiger partial charge in [-0.25, -0.2) is 0 Å². The molecule has 2 rings (SSSR count). The first-order valence-corrected chi connectivity index (χ1v) is 5.51. The van der Waals surface area contributed by atoms with Crippen LogP contribution in [-0.2, 0) is 0 Å². The number of rotatable bonds is 2. The second-order valence-corrected chi connectivity index (χ2v) is 4.26. The second kappa shape index (κ2) is 4.73. The van der Waals surface area contributed by atoms with Gasteiger partial charge in [0.15, 0.2) is 6.29 Å². The molecule has 0 atom stereocenters.